The SMILES string of the molecule is O=S1(=O)C[C@@H](N2CCN(c3ccccn3)CC2)[C@@H](O)C1. The summed E-state index contributed by atoms with van der Waals surface area (Å²) in [4.78, 5) is 8.60. The van der Waals surface area contributed by atoms with Crippen molar-refractivity contribution in [2.75, 3.05) is 42.6 Å². The van der Waals surface area contributed by atoms with Gasteiger partial charge in [0.05, 0.1) is 23.7 Å². The Balaban J connectivity index is 1.62. The van der Waals surface area contributed by atoms with E-state index < -0.39 is 15.9 Å². The van der Waals surface area contributed by atoms with E-state index in [-0.39, 0.29) is 17.5 Å². The molecule has 0 radical (unpaired) electrons. The molecule has 3 rings (SSSR count). The van der Waals surface area contributed by atoms with Gasteiger partial charge in [0.1, 0.15) is 5.82 Å². The summed E-state index contributed by atoms with van der Waals surface area (Å²) in [5.41, 5.74) is 0. The highest BCUT2D eigenvalue weighted by Gasteiger charge is 2.40. The first-order valence-corrected chi connectivity index (χ1v) is 8.66. The second-order valence-electron chi connectivity index (χ2n) is 5.42. The molecule has 0 spiro atoms. The summed E-state index contributed by atoms with van der Waals surface area (Å²) < 4.78 is 23.1. The van der Waals surface area contributed by atoms with Crippen molar-refractivity contribution in [3.63, 3.8) is 0 Å². The monoisotopic (exact) mass is 297 g/mol. The fourth-order valence-corrected chi connectivity index (χ4v) is 4.81. The number of hydrogen-bond acceptors (Lipinski definition) is 6. The lowest BCUT2D eigenvalue weighted by Crippen LogP contribution is -2.53. The van der Waals surface area contributed by atoms with Crippen LogP contribution in [0.4, 0.5) is 5.82 Å². The van der Waals surface area contributed by atoms with Crippen LogP contribution in [0, 0.1) is 0 Å². The molecule has 0 saturated carbocycles. The van der Waals surface area contributed by atoms with Gasteiger partial charge >= 0.3 is 0 Å². The van der Waals surface area contributed by atoms with Gasteiger partial charge in [-0.25, -0.2) is 13.4 Å². The Hall–Kier alpha value is -1.18. The van der Waals surface area contributed by atoms with Gasteiger partial charge in [0.15, 0.2) is 9.84 Å². The standard InChI is InChI=1S/C13H19N3O3S/c17-12-10-20(18,19)9-11(12)15-5-7-16(8-6-15)13-3-1-2-4-14-13/h1-4,11-12,17H,5-10H2/t11-,12+/m1/s1. The van der Waals surface area contributed by atoms with E-state index in [4.69, 9.17) is 0 Å². The number of rotatable bonds is 2. The molecule has 0 unspecified atom stereocenters. The van der Waals surface area contributed by atoms with Gasteiger partial charge in [0, 0.05) is 32.4 Å². The fraction of sp³-hybridized carbons (Fsp3) is 0.615. The van der Waals surface area contributed by atoms with Crippen LogP contribution < -0.4 is 4.90 Å². The van der Waals surface area contributed by atoms with E-state index in [1.165, 1.54) is 0 Å². The summed E-state index contributed by atoms with van der Waals surface area (Å²) in [6, 6.07) is 5.58. The van der Waals surface area contributed by atoms with Crippen molar-refractivity contribution >= 4 is 15.7 Å². The minimum absolute atomic E-state index is 0.0811. The van der Waals surface area contributed by atoms with Crippen molar-refractivity contribution in [2.45, 2.75) is 12.1 Å². The van der Waals surface area contributed by atoms with Gasteiger partial charge < -0.3 is 10.0 Å². The zero-order chi connectivity index (χ0) is 14.2. The van der Waals surface area contributed by atoms with E-state index in [1.54, 1.807) is 6.20 Å². The molecule has 7 heteroatoms. The molecule has 110 valence electrons. The van der Waals surface area contributed by atoms with Gasteiger partial charge in [-0.1, -0.05) is 6.07 Å². The molecule has 20 heavy (non-hydrogen) atoms. The summed E-state index contributed by atoms with van der Waals surface area (Å²) in [5.74, 6) is 0.933. The average Bonchev–Trinajstić information content (AvgIpc) is 2.73. The van der Waals surface area contributed by atoms with E-state index in [1.807, 2.05) is 18.2 Å². The predicted octanol–water partition coefficient (Wildman–Crippen LogP) is -0.638. The van der Waals surface area contributed by atoms with Crippen LogP contribution >= 0.6 is 0 Å². The number of pyridine rings is 1. The molecule has 0 aliphatic carbocycles. The lowest BCUT2D eigenvalue weighted by molar-refractivity contribution is 0.0792. The van der Waals surface area contributed by atoms with Crippen LogP contribution in [0.3, 0.4) is 0 Å². The number of piperazine rings is 1. The molecule has 3 heterocycles. The van der Waals surface area contributed by atoms with Gasteiger partial charge in [-0.3, -0.25) is 4.90 Å². The van der Waals surface area contributed by atoms with Crippen LogP contribution in [-0.4, -0.2) is 73.2 Å². The molecular formula is C13H19N3O3S. The number of hydrogen-bond donors (Lipinski definition) is 1. The van der Waals surface area contributed by atoms with E-state index in [2.05, 4.69) is 14.8 Å². The molecule has 2 aliphatic heterocycles. The maximum absolute atomic E-state index is 11.6. The van der Waals surface area contributed by atoms with Gasteiger partial charge in [-0.2, -0.15) is 0 Å². The normalized spacial score (nSPS) is 30.6. The number of aliphatic hydroxyl groups is 1. The summed E-state index contributed by atoms with van der Waals surface area (Å²) in [6.45, 7) is 3.13. The zero-order valence-electron chi connectivity index (χ0n) is 11.2. The predicted molar refractivity (Wildman–Crippen MR) is 76.5 cm³/mol. The van der Waals surface area contributed by atoms with E-state index in [0.717, 1.165) is 32.0 Å². The molecule has 2 aliphatic rings. The fourth-order valence-electron chi connectivity index (χ4n) is 2.98. The molecule has 0 bridgehead atoms. The van der Waals surface area contributed by atoms with Crippen molar-refractivity contribution in [3.8, 4) is 0 Å². The Morgan fingerprint density at radius 1 is 1.15 bits per heavy atom. The molecule has 1 aromatic heterocycles. The van der Waals surface area contributed by atoms with Gasteiger partial charge in [0.2, 0.25) is 0 Å². The first-order valence-electron chi connectivity index (χ1n) is 6.84. The number of anilines is 1. The quantitative estimate of drug-likeness (QED) is 0.783. The van der Waals surface area contributed by atoms with Crippen molar-refractivity contribution in [1.29, 1.82) is 0 Å². The number of aliphatic hydroxyl groups excluding tert-OH is 1. The van der Waals surface area contributed by atoms with Crippen LogP contribution in [-0.2, 0) is 9.84 Å². The third-order valence-corrected chi connectivity index (χ3v) is 5.75. The Morgan fingerprint density at radius 2 is 1.90 bits per heavy atom. The maximum Gasteiger partial charge on any atom is 0.154 e. The highest BCUT2D eigenvalue weighted by Crippen LogP contribution is 2.21. The Morgan fingerprint density at radius 3 is 2.45 bits per heavy atom. The minimum atomic E-state index is -3.08. The second kappa shape index (κ2) is 5.31. The summed E-state index contributed by atoms with van der Waals surface area (Å²) in [5, 5.41) is 9.91. The molecule has 0 aromatic carbocycles. The van der Waals surface area contributed by atoms with E-state index in [9.17, 15) is 13.5 Å². The van der Waals surface area contributed by atoms with Crippen LogP contribution in [0.1, 0.15) is 0 Å². The first-order chi connectivity index (χ1) is 9.55. The van der Waals surface area contributed by atoms with E-state index >= 15 is 0 Å². The average molecular weight is 297 g/mol. The zero-order valence-corrected chi connectivity index (χ0v) is 12.0. The van der Waals surface area contributed by atoms with E-state index in [0.29, 0.717) is 0 Å². The van der Waals surface area contributed by atoms with Crippen LogP contribution in [0.15, 0.2) is 24.4 Å². The largest absolute Gasteiger partial charge is 0.390 e. The summed E-state index contributed by atoms with van der Waals surface area (Å²) >= 11 is 0. The highest BCUT2D eigenvalue weighted by atomic mass is 32.2. The molecule has 1 N–H and O–H groups in total. The molecule has 2 saturated heterocycles. The summed E-state index contributed by atoms with van der Waals surface area (Å²) in [6.07, 6.45) is 1.02. The molecule has 2 atom stereocenters. The van der Waals surface area contributed by atoms with Crippen LogP contribution in [0.25, 0.3) is 0 Å². The third-order valence-electron chi connectivity index (χ3n) is 4.05. The molecular weight excluding hydrogens is 278 g/mol. The number of nitrogens with zero attached hydrogens (tertiary/aromatic N) is 3. The lowest BCUT2D eigenvalue weighted by atomic mass is 10.1. The van der Waals surface area contributed by atoms with Crippen molar-refractivity contribution in [1.82, 2.24) is 9.88 Å². The molecule has 1 aromatic rings. The van der Waals surface area contributed by atoms with Gasteiger partial charge in [-0.15, -0.1) is 0 Å². The number of aromatic nitrogens is 1. The van der Waals surface area contributed by atoms with Crippen molar-refractivity contribution in [3.05, 3.63) is 24.4 Å². The van der Waals surface area contributed by atoms with Crippen molar-refractivity contribution < 1.29 is 13.5 Å². The second-order valence-corrected chi connectivity index (χ2v) is 7.58. The third kappa shape index (κ3) is 2.79. The van der Waals surface area contributed by atoms with Gasteiger partial charge in [-0.05, 0) is 12.1 Å². The van der Waals surface area contributed by atoms with Crippen LogP contribution in [0.5, 0.6) is 0 Å². The van der Waals surface area contributed by atoms with Crippen LogP contribution in [0.2, 0.25) is 0 Å². The molecule has 6 nitrogen and oxygen atoms in total. The Kier molecular flexibility index (Phi) is 3.66. The minimum Gasteiger partial charge on any atom is -0.390 e. The maximum atomic E-state index is 11.6. The summed E-state index contributed by atoms with van der Waals surface area (Å²) in [7, 11) is -3.08. The lowest BCUT2D eigenvalue weighted by Gasteiger charge is -2.39. The van der Waals surface area contributed by atoms with Gasteiger partial charge in [0.25, 0.3) is 0 Å². The Labute approximate surface area is 118 Å². The highest BCUT2D eigenvalue weighted by molar-refractivity contribution is 7.91. The van der Waals surface area contributed by atoms with Crippen molar-refractivity contribution in [2.24, 2.45) is 0 Å². The Bertz CT molecular complexity index is 555. The number of sulfone groups is 1. The first kappa shape index (κ1) is 13.8. The molecule has 0 amide bonds. The smallest absolute Gasteiger partial charge is 0.154 e. The molecule has 2 fully saturated rings. The topological polar surface area (TPSA) is 73.7 Å².